The van der Waals surface area contributed by atoms with E-state index in [1.807, 2.05) is 0 Å². The zero-order valence-electron chi connectivity index (χ0n) is 23.6. The van der Waals surface area contributed by atoms with Gasteiger partial charge in [0.05, 0.1) is 46.9 Å². The fourth-order valence-electron chi connectivity index (χ4n) is 4.13. The van der Waals surface area contributed by atoms with Crippen molar-refractivity contribution in [1.29, 1.82) is 0 Å². The highest BCUT2D eigenvalue weighted by Crippen LogP contribution is 2.59. The topological polar surface area (TPSA) is 89.5 Å². The van der Waals surface area contributed by atoms with Gasteiger partial charge in [0.15, 0.2) is 5.75 Å². The van der Waals surface area contributed by atoms with Gasteiger partial charge in [-0.1, -0.05) is 17.7 Å². The number of hydrogen-bond acceptors (Lipinski definition) is 5. The van der Waals surface area contributed by atoms with Crippen molar-refractivity contribution in [1.82, 2.24) is 4.98 Å². The Morgan fingerprint density at radius 2 is 1.44 bits per heavy atom. The average molecular weight is 791 g/mol. The first-order chi connectivity index (χ1) is 21.9. The molecule has 0 radical (unpaired) electrons. The highest BCUT2D eigenvalue weighted by molar-refractivity contribution is 9.10. The number of carbonyl (C=O) groups excluding carboxylic acids is 2. The summed E-state index contributed by atoms with van der Waals surface area (Å²) in [5.41, 5.74) is -12.0. The second kappa shape index (κ2) is 13.6. The Labute approximate surface area is 274 Å². The van der Waals surface area contributed by atoms with Gasteiger partial charge in [-0.05, 0) is 52.3 Å². The van der Waals surface area contributed by atoms with Crippen LogP contribution in [0.25, 0.3) is 0 Å². The maximum absolute atomic E-state index is 15.0. The summed E-state index contributed by atoms with van der Waals surface area (Å²) in [5, 5.41) is 3.26. The molecule has 1 aromatic heterocycles. The molecule has 1 heterocycles. The third kappa shape index (κ3) is 7.29. The molecule has 0 bridgehead atoms. The number of para-hydroxylation sites is 1. The minimum Gasteiger partial charge on any atom is -0.494 e. The van der Waals surface area contributed by atoms with Crippen molar-refractivity contribution >= 4 is 50.7 Å². The van der Waals surface area contributed by atoms with Crippen LogP contribution in [-0.4, -0.2) is 49.3 Å². The molecule has 3 aromatic rings. The Bertz CT molecular complexity index is 1690. The van der Waals surface area contributed by atoms with Gasteiger partial charge in [-0.2, -0.15) is 48.3 Å². The summed E-state index contributed by atoms with van der Waals surface area (Å²) in [6.07, 6.45) is -18.6. The van der Waals surface area contributed by atoms with Gasteiger partial charge in [0.25, 0.3) is 11.8 Å². The number of pyridine rings is 1. The lowest BCUT2D eigenvalue weighted by Gasteiger charge is -2.36. The Balaban J connectivity index is 2.00. The number of ether oxygens (including phenoxy) is 2. The quantitative estimate of drug-likeness (QED) is 0.211. The predicted octanol–water partition coefficient (Wildman–Crippen LogP) is 9.10. The van der Waals surface area contributed by atoms with E-state index in [1.165, 1.54) is 12.1 Å². The molecule has 0 spiro atoms. The lowest BCUT2D eigenvalue weighted by Crippen LogP contribution is -2.59. The molecule has 0 fully saturated rings. The number of carbonyl (C=O) groups is 2. The van der Waals surface area contributed by atoms with Gasteiger partial charge in [0, 0.05) is 17.1 Å². The summed E-state index contributed by atoms with van der Waals surface area (Å²) in [5.74, 6) is -9.62. The van der Waals surface area contributed by atoms with E-state index in [9.17, 15) is 62.3 Å². The molecule has 0 saturated heterocycles. The molecular weight excluding hydrogens is 774 g/mol. The number of alkyl halides is 12. The zero-order chi connectivity index (χ0) is 36.6. The van der Waals surface area contributed by atoms with Crippen LogP contribution in [-0.2, 0) is 23.2 Å². The SMILES string of the molecule is COCc1nc(C(F)(F)F)ccc1C(=O)Nc1cccc(C(=O)Nc2c(Cl)cc(C(F)(C(F)(F)F)C(F)(F)C(F)(F)F)cc2Br)c1OC. The van der Waals surface area contributed by atoms with Crippen molar-refractivity contribution in [2.24, 2.45) is 0 Å². The maximum Gasteiger partial charge on any atom is 0.457 e. The van der Waals surface area contributed by atoms with Crippen LogP contribution in [0.3, 0.4) is 0 Å². The minimum absolute atomic E-state index is 0.0851. The normalized spacial score (nSPS) is 13.9. The van der Waals surface area contributed by atoms with Gasteiger partial charge < -0.3 is 20.1 Å². The summed E-state index contributed by atoms with van der Waals surface area (Å²) in [6, 6.07) is 4.54. The zero-order valence-corrected chi connectivity index (χ0v) is 26.0. The molecule has 2 N–H and O–H groups in total. The second-order valence-corrected chi connectivity index (χ2v) is 10.7. The molecule has 2 amide bonds. The number of amides is 2. The van der Waals surface area contributed by atoms with Crippen molar-refractivity contribution in [3.63, 3.8) is 0 Å². The van der Waals surface area contributed by atoms with Crippen molar-refractivity contribution in [2.45, 2.75) is 36.7 Å². The Morgan fingerprint density at radius 1 is 0.833 bits per heavy atom. The number of nitrogens with zero attached hydrogens (tertiary/aromatic N) is 1. The number of anilines is 2. The van der Waals surface area contributed by atoms with Gasteiger partial charge in [-0.25, -0.2) is 9.37 Å². The molecule has 7 nitrogen and oxygen atoms in total. The van der Waals surface area contributed by atoms with Gasteiger partial charge in [-0.15, -0.1) is 0 Å². The largest absolute Gasteiger partial charge is 0.494 e. The summed E-state index contributed by atoms with van der Waals surface area (Å²) in [7, 11) is 2.16. The summed E-state index contributed by atoms with van der Waals surface area (Å²) >= 11 is 8.42. The van der Waals surface area contributed by atoms with Gasteiger partial charge in [-0.3, -0.25) is 9.59 Å². The number of benzene rings is 2. The summed E-state index contributed by atoms with van der Waals surface area (Å²) < 4.78 is 170. The third-order valence-electron chi connectivity index (χ3n) is 6.36. The van der Waals surface area contributed by atoms with Crippen LogP contribution in [0.15, 0.2) is 46.9 Å². The first-order valence-electron chi connectivity index (χ1n) is 12.5. The molecule has 1 unspecified atom stereocenters. The maximum atomic E-state index is 15.0. The van der Waals surface area contributed by atoms with E-state index in [0.717, 1.165) is 26.4 Å². The number of rotatable bonds is 9. The number of aromatic nitrogens is 1. The van der Waals surface area contributed by atoms with Gasteiger partial charge in [0.2, 0.25) is 0 Å². The molecule has 0 saturated carbocycles. The van der Waals surface area contributed by atoms with Gasteiger partial charge in [0.1, 0.15) is 5.69 Å². The van der Waals surface area contributed by atoms with E-state index in [4.69, 9.17) is 21.1 Å². The van der Waals surface area contributed by atoms with Crippen molar-refractivity contribution in [2.75, 3.05) is 24.9 Å². The Morgan fingerprint density at radius 3 is 1.94 bits per heavy atom. The highest BCUT2D eigenvalue weighted by atomic mass is 79.9. The second-order valence-electron chi connectivity index (χ2n) is 9.46. The van der Waals surface area contributed by atoms with Crippen LogP contribution in [0.4, 0.5) is 64.1 Å². The van der Waals surface area contributed by atoms with E-state index in [2.05, 4.69) is 31.5 Å². The molecule has 0 aliphatic carbocycles. The van der Waals surface area contributed by atoms with Crippen molar-refractivity contribution in [3.05, 3.63) is 80.0 Å². The van der Waals surface area contributed by atoms with Crippen molar-refractivity contribution in [3.8, 4) is 5.75 Å². The first kappa shape index (κ1) is 38.7. The smallest absolute Gasteiger partial charge is 0.457 e. The number of hydrogen-bond donors (Lipinski definition) is 2. The van der Waals surface area contributed by atoms with Crippen LogP contribution >= 0.6 is 27.5 Å². The van der Waals surface area contributed by atoms with E-state index in [-0.39, 0.29) is 23.4 Å². The summed E-state index contributed by atoms with van der Waals surface area (Å²) in [4.78, 5) is 29.6. The number of halogens is 14. The molecule has 21 heteroatoms. The van der Waals surface area contributed by atoms with E-state index in [1.54, 1.807) is 0 Å². The Kier molecular flexibility index (Phi) is 11.0. The predicted molar refractivity (Wildman–Crippen MR) is 148 cm³/mol. The number of nitrogens with one attached hydrogen (secondary N) is 2. The van der Waals surface area contributed by atoms with Crippen molar-refractivity contribution < 1.29 is 71.7 Å². The first-order valence-corrected chi connectivity index (χ1v) is 13.6. The molecule has 3 rings (SSSR count). The molecule has 2 aromatic carbocycles. The monoisotopic (exact) mass is 789 g/mol. The highest BCUT2D eigenvalue weighted by Gasteiger charge is 2.81. The average Bonchev–Trinajstić information content (AvgIpc) is 2.96. The van der Waals surface area contributed by atoms with Crippen LogP contribution < -0.4 is 15.4 Å². The number of methoxy groups -OCH3 is 2. The molecule has 0 aliphatic heterocycles. The van der Waals surface area contributed by atoms with Crippen LogP contribution in [0, 0.1) is 0 Å². The summed E-state index contributed by atoms with van der Waals surface area (Å²) in [6.45, 7) is -0.513. The van der Waals surface area contributed by atoms with E-state index >= 15 is 0 Å². The lowest BCUT2D eigenvalue weighted by molar-refractivity contribution is -0.389. The van der Waals surface area contributed by atoms with Crippen LogP contribution in [0.1, 0.15) is 37.7 Å². The van der Waals surface area contributed by atoms with Crippen LogP contribution in [0.2, 0.25) is 5.02 Å². The Hall–Kier alpha value is -3.78. The van der Waals surface area contributed by atoms with Gasteiger partial charge >= 0.3 is 30.1 Å². The third-order valence-corrected chi connectivity index (χ3v) is 7.28. The van der Waals surface area contributed by atoms with E-state index in [0.29, 0.717) is 6.07 Å². The molecule has 0 aliphatic rings. The minimum atomic E-state index is -6.99. The lowest BCUT2D eigenvalue weighted by atomic mass is 9.87. The standard InChI is InChI=1S/C27H17BrClF12N3O4/c1-47-10-17-12(6-7-18(42-17)24(31,32)33)21(45)43-16-5-3-4-13(20(16)48-2)22(46)44-19-14(28)8-11(9-15(19)29)23(30,26(36,37)38)25(34,35)27(39,40)41/h3-9H,10H2,1-2H3,(H,43,45)(H,44,46). The molecular formula is C27H17BrClF12N3O4. The van der Waals surface area contributed by atoms with E-state index < -0.39 is 92.0 Å². The molecule has 1 atom stereocenters. The fraction of sp³-hybridized carbons (Fsp3) is 0.296. The molecule has 262 valence electrons. The van der Waals surface area contributed by atoms with Crippen LogP contribution in [0.5, 0.6) is 5.75 Å². The fourth-order valence-corrected chi connectivity index (χ4v) is 5.07. The molecule has 48 heavy (non-hydrogen) atoms.